The van der Waals surface area contributed by atoms with Gasteiger partial charge in [-0.2, -0.15) is 5.10 Å². The highest BCUT2D eigenvalue weighted by atomic mass is 19.3. The highest BCUT2D eigenvalue weighted by molar-refractivity contribution is 6.06. The Morgan fingerprint density at radius 2 is 1.80 bits per heavy atom. The summed E-state index contributed by atoms with van der Waals surface area (Å²) in [5, 5.41) is 6.74. The fourth-order valence-corrected chi connectivity index (χ4v) is 6.60. The van der Waals surface area contributed by atoms with E-state index in [1.54, 1.807) is 45.3 Å². The van der Waals surface area contributed by atoms with Crippen molar-refractivity contribution in [3.05, 3.63) is 77.4 Å². The topological polar surface area (TPSA) is 143 Å². The van der Waals surface area contributed by atoms with Gasteiger partial charge in [0, 0.05) is 37.3 Å². The third kappa shape index (κ3) is 6.99. The van der Waals surface area contributed by atoms with Crippen molar-refractivity contribution in [1.29, 1.82) is 0 Å². The number of hydrogen-bond donors (Lipinski definition) is 1. The van der Waals surface area contributed by atoms with Gasteiger partial charge in [-0.3, -0.25) is 24.0 Å². The number of imide groups is 1. The third-order valence-electron chi connectivity index (χ3n) is 9.10. The number of halogens is 3. The minimum absolute atomic E-state index is 0.0330. The molecule has 2 aromatic carbocycles. The largest absolute Gasteiger partial charge is 0.444 e. The number of benzene rings is 2. The van der Waals surface area contributed by atoms with Crippen LogP contribution in [0.15, 0.2) is 54.9 Å². The van der Waals surface area contributed by atoms with Crippen molar-refractivity contribution in [2.75, 3.05) is 26.7 Å². The fraction of sp³-hybridized carbons (Fsp3) is 0.429. The number of amides is 5. The molecule has 0 radical (unpaired) electrons. The van der Waals surface area contributed by atoms with E-state index in [4.69, 9.17) is 9.47 Å². The van der Waals surface area contributed by atoms with E-state index in [1.807, 2.05) is 6.07 Å². The van der Waals surface area contributed by atoms with Crippen LogP contribution in [0.2, 0.25) is 0 Å². The Hall–Kier alpha value is -5.41. The van der Waals surface area contributed by atoms with E-state index in [-0.39, 0.29) is 18.9 Å². The van der Waals surface area contributed by atoms with Gasteiger partial charge in [0.1, 0.15) is 30.5 Å². The lowest BCUT2D eigenvalue weighted by atomic mass is 9.93. The second kappa shape index (κ2) is 13.0. The summed E-state index contributed by atoms with van der Waals surface area (Å²) in [6, 6.07) is 8.26. The molecule has 2 atom stereocenters. The fourth-order valence-electron chi connectivity index (χ4n) is 6.60. The number of aromatic nitrogens is 2. The van der Waals surface area contributed by atoms with E-state index < -0.39 is 79.2 Å². The smallest absolute Gasteiger partial charge is 0.418 e. The van der Waals surface area contributed by atoms with Crippen LogP contribution in [0, 0.1) is 5.82 Å². The molecular weight excluding hydrogens is 673 g/mol. The summed E-state index contributed by atoms with van der Waals surface area (Å²) < 4.78 is 57.4. The molecule has 270 valence electrons. The number of nitrogens with zero attached hydrogens (tertiary/aromatic N) is 5. The highest BCUT2D eigenvalue weighted by Crippen LogP contribution is 2.46. The van der Waals surface area contributed by atoms with Gasteiger partial charge in [0.2, 0.25) is 17.4 Å². The van der Waals surface area contributed by atoms with Gasteiger partial charge in [0.25, 0.3) is 11.8 Å². The van der Waals surface area contributed by atoms with Crippen molar-refractivity contribution >= 4 is 29.9 Å². The second-order valence-electron chi connectivity index (χ2n) is 13.8. The molecule has 3 aromatic rings. The molecule has 1 aromatic heterocycles. The maximum absolute atomic E-state index is 15.6. The van der Waals surface area contributed by atoms with Crippen LogP contribution in [-0.2, 0) is 49.0 Å². The quantitative estimate of drug-likeness (QED) is 0.372. The number of likely N-dealkylation sites (N-methyl/N-ethyl adjacent to an activating group) is 1. The summed E-state index contributed by atoms with van der Waals surface area (Å²) >= 11 is 0. The Morgan fingerprint density at radius 1 is 1.08 bits per heavy atom. The first-order chi connectivity index (χ1) is 24.0. The molecule has 0 saturated carbocycles. The van der Waals surface area contributed by atoms with Crippen LogP contribution >= 0.6 is 0 Å². The molecule has 6 rings (SSSR count). The van der Waals surface area contributed by atoms with Gasteiger partial charge in [-0.25, -0.2) is 27.7 Å². The molecule has 2 aliphatic heterocycles. The van der Waals surface area contributed by atoms with Crippen molar-refractivity contribution in [3.8, 4) is 11.1 Å². The van der Waals surface area contributed by atoms with E-state index in [2.05, 4.69) is 10.4 Å². The van der Waals surface area contributed by atoms with Crippen LogP contribution in [0.25, 0.3) is 11.1 Å². The molecule has 2 saturated heterocycles. The summed E-state index contributed by atoms with van der Waals surface area (Å²) in [7, 11) is 1.52. The van der Waals surface area contributed by atoms with Crippen LogP contribution in [0.3, 0.4) is 0 Å². The van der Waals surface area contributed by atoms with E-state index in [9.17, 15) is 28.4 Å². The van der Waals surface area contributed by atoms with Gasteiger partial charge in [-0.15, -0.1) is 0 Å². The van der Waals surface area contributed by atoms with Gasteiger partial charge >= 0.3 is 12.2 Å². The van der Waals surface area contributed by atoms with Crippen molar-refractivity contribution in [3.63, 3.8) is 0 Å². The first-order valence-corrected chi connectivity index (χ1v) is 16.3. The number of hydrogen-bond acceptors (Lipinski definition) is 8. The normalized spacial score (nSPS) is 20.8. The van der Waals surface area contributed by atoms with E-state index >= 15 is 8.78 Å². The zero-order valence-electron chi connectivity index (χ0n) is 28.5. The molecule has 1 aliphatic carbocycles. The molecule has 1 N–H and O–H groups in total. The van der Waals surface area contributed by atoms with Crippen LogP contribution < -0.4 is 5.32 Å². The average molecular weight is 711 g/mol. The van der Waals surface area contributed by atoms with Crippen molar-refractivity contribution in [1.82, 2.24) is 29.8 Å². The number of fused-ring (bicyclic) bond motifs is 2. The zero-order chi connectivity index (χ0) is 36.9. The number of aryl methyl sites for hydroxylation is 1. The van der Waals surface area contributed by atoms with Gasteiger partial charge < -0.3 is 19.7 Å². The molecule has 51 heavy (non-hydrogen) atoms. The van der Waals surface area contributed by atoms with Crippen molar-refractivity contribution in [2.45, 2.75) is 69.9 Å². The van der Waals surface area contributed by atoms with Gasteiger partial charge in [0.15, 0.2) is 0 Å². The number of carbonyl (C=O) groups is 5. The maximum atomic E-state index is 15.6. The maximum Gasteiger partial charge on any atom is 0.418 e. The molecule has 13 nitrogen and oxygen atoms in total. The Kier molecular flexibility index (Phi) is 9.06. The lowest BCUT2D eigenvalue weighted by Gasteiger charge is -2.33. The molecular formula is C35H37F3N6O7. The number of carbonyl (C=O) groups excluding carboxylic acids is 5. The molecule has 2 fully saturated rings. The summed E-state index contributed by atoms with van der Waals surface area (Å²) in [6.45, 7) is 1.87. The highest BCUT2D eigenvalue weighted by Gasteiger charge is 2.59. The first-order valence-electron chi connectivity index (χ1n) is 16.3. The van der Waals surface area contributed by atoms with Gasteiger partial charge in [-0.1, -0.05) is 30.3 Å². The summed E-state index contributed by atoms with van der Waals surface area (Å²) in [6.07, 6.45) is 1.68. The van der Waals surface area contributed by atoms with Crippen molar-refractivity contribution in [2.24, 2.45) is 0 Å². The number of rotatable bonds is 8. The zero-order valence-corrected chi connectivity index (χ0v) is 28.5. The Balaban J connectivity index is 1.23. The molecule has 5 amide bonds. The van der Waals surface area contributed by atoms with E-state index in [0.717, 1.165) is 38.6 Å². The standard InChI is InChI=1S/C35H37F3N6O7/c1-33(2,3)50-31(48)41-17-27(35(37,38)20-41)43(15-21-5-8-25(36)9-6-21)29(46)19-44-30(47)34(51-32(44)49)12-11-23-13-22(7-10-26(23)34)24-14-40-42(16-24)18-28(45)39-4/h5-10,13-14,16,27H,11-12,15,17-20H2,1-4H3,(H,39,45)/t27?,34-/m1/s1. The number of ether oxygens (including phenoxy) is 2. The van der Waals surface area contributed by atoms with Crippen LogP contribution in [0.5, 0.6) is 0 Å². The number of likely N-dealkylation sites (tertiary alicyclic amines) is 1. The van der Waals surface area contributed by atoms with Crippen molar-refractivity contribution < 1.29 is 46.6 Å². The number of nitrogens with one attached hydrogen (secondary N) is 1. The van der Waals surface area contributed by atoms with Gasteiger partial charge in [0.05, 0.1) is 19.3 Å². The summed E-state index contributed by atoms with van der Waals surface area (Å²) in [4.78, 5) is 67.9. The molecule has 0 bridgehead atoms. The molecule has 3 heterocycles. The van der Waals surface area contributed by atoms with Crippen LogP contribution in [0.1, 0.15) is 43.9 Å². The second-order valence-corrected chi connectivity index (χ2v) is 13.8. The predicted molar refractivity (Wildman–Crippen MR) is 173 cm³/mol. The Labute approximate surface area is 291 Å². The Morgan fingerprint density at radius 3 is 2.49 bits per heavy atom. The minimum atomic E-state index is -3.59. The minimum Gasteiger partial charge on any atom is -0.444 e. The molecule has 16 heteroatoms. The summed E-state index contributed by atoms with van der Waals surface area (Å²) in [5.41, 5.74) is 0.288. The third-order valence-corrected chi connectivity index (χ3v) is 9.10. The van der Waals surface area contributed by atoms with Crippen LogP contribution in [-0.4, -0.2) is 98.6 Å². The average Bonchev–Trinajstić information content (AvgIpc) is 3.81. The summed E-state index contributed by atoms with van der Waals surface area (Å²) in [5.74, 6) is -6.19. The lowest BCUT2D eigenvalue weighted by Crippen LogP contribution is -2.53. The molecule has 3 aliphatic rings. The van der Waals surface area contributed by atoms with E-state index in [0.29, 0.717) is 22.4 Å². The first kappa shape index (κ1) is 35.4. The predicted octanol–water partition coefficient (Wildman–Crippen LogP) is 3.84. The lowest BCUT2D eigenvalue weighted by molar-refractivity contribution is -0.147. The monoisotopic (exact) mass is 710 g/mol. The Bertz CT molecular complexity index is 1890. The van der Waals surface area contributed by atoms with Crippen LogP contribution in [0.4, 0.5) is 22.8 Å². The SMILES string of the molecule is CNC(=O)Cn1cc(-c2ccc3c(c2)CC[C@@]32OC(=O)N(CC(=O)N(Cc3ccc(F)cc3)C3CN(C(=O)OC(C)(C)C)CC3(F)F)C2=O)cn1. The molecule has 1 spiro atoms. The number of alkyl halides is 2. The van der Waals surface area contributed by atoms with E-state index in [1.165, 1.54) is 23.9 Å². The van der Waals surface area contributed by atoms with Gasteiger partial charge in [-0.05, 0) is 56.0 Å². The molecule has 1 unspecified atom stereocenters.